The van der Waals surface area contributed by atoms with Gasteiger partial charge in [-0.3, -0.25) is 10.1 Å². The first-order chi connectivity index (χ1) is 41.2. The van der Waals surface area contributed by atoms with Crippen molar-refractivity contribution in [2.45, 2.75) is 13.5 Å². The lowest BCUT2D eigenvalue weighted by Crippen LogP contribution is -1.90. The van der Waals surface area contributed by atoms with Gasteiger partial charge < -0.3 is 87.1 Å². The summed E-state index contributed by atoms with van der Waals surface area (Å²) in [5.74, 6) is 0.357. The van der Waals surface area contributed by atoms with E-state index < -0.39 is 4.92 Å². The number of nitro groups is 1. The monoisotopic (exact) mass is 1200 g/mol. The molecule has 16 N–H and O–H groups in total. The lowest BCUT2D eigenvalue weighted by atomic mass is 10.1. The highest BCUT2D eigenvalue weighted by atomic mass is 35.5. The van der Waals surface area contributed by atoms with Crippen LogP contribution in [0.4, 0.5) is 5.69 Å². The number of hydrogen-bond donors (Lipinski definition) is 16. The summed E-state index contributed by atoms with van der Waals surface area (Å²) in [5.41, 5.74) is 3.79. The highest BCUT2D eigenvalue weighted by Crippen LogP contribution is 2.31. The highest BCUT2D eigenvalue weighted by Gasteiger charge is 2.10. The fraction of sp³-hybridized carbons (Fsp3) is 0.0526. The fourth-order valence-corrected chi connectivity index (χ4v) is 6.61. The number of halogens is 1. The number of aliphatic hydroxyl groups is 1. The van der Waals surface area contributed by atoms with Crippen molar-refractivity contribution in [3.05, 3.63) is 210 Å². The lowest BCUT2D eigenvalue weighted by Gasteiger charge is -2.02. The Morgan fingerprint density at radius 3 is 1.52 bits per heavy atom. The SMILES string of the molecule is COc1ccc(O)c(/C=N/O)c1.Cc1cccc(/C=N/O)c1O.N#Cc1ccc(O)c(/C=N/O)c1.O/N=C/c1cc(O)cc(Cl)c1O.O/N=C/c1ccc2ccccc2c1O.O=[N+]([O-])c1ccc(O)c(/C=N/O)c1.OCc1cccc(/C=N/O)c1O. The van der Waals surface area contributed by atoms with Crippen LogP contribution >= 0.6 is 11.6 Å². The van der Waals surface area contributed by atoms with E-state index in [0.29, 0.717) is 44.7 Å². The number of methoxy groups -OCH3 is 1. The minimum absolute atomic E-state index is 0.00454. The van der Waals surface area contributed by atoms with Crippen LogP contribution in [-0.4, -0.2) is 138 Å². The van der Waals surface area contributed by atoms with Crippen LogP contribution in [0.15, 0.2) is 176 Å². The number of aryl methyl sites for hydroxylation is 1. The van der Waals surface area contributed by atoms with Gasteiger partial charge in [0, 0.05) is 68.1 Å². The maximum Gasteiger partial charge on any atom is 0.270 e. The second-order valence-corrected chi connectivity index (χ2v) is 16.5. The van der Waals surface area contributed by atoms with Crippen LogP contribution in [-0.2, 0) is 6.61 Å². The topological polar surface area (TPSA) is 486 Å². The minimum atomic E-state index is -0.603. The second kappa shape index (κ2) is 37.6. The van der Waals surface area contributed by atoms with Gasteiger partial charge in [0.25, 0.3) is 5.69 Å². The summed E-state index contributed by atoms with van der Waals surface area (Å²) in [6, 6.07) is 37.8. The molecule has 29 heteroatoms. The largest absolute Gasteiger partial charge is 0.508 e. The van der Waals surface area contributed by atoms with Crippen LogP contribution in [0, 0.1) is 28.4 Å². The highest BCUT2D eigenvalue weighted by molar-refractivity contribution is 6.32. The molecule has 86 heavy (non-hydrogen) atoms. The number of aliphatic hydroxyl groups excluding tert-OH is 1. The van der Waals surface area contributed by atoms with Crippen molar-refractivity contribution in [3.63, 3.8) is 0 Å². The van der Waals surface area contributed by atoms with E-state index in [1.807, 2.05) is 36.4 Å². The van der Waals surface area contributed by atoms with Crippen molar-refractivity contribution in [1.82, 2.24) is 0 Å². The van der Waals surface area contributed by atoms with Gasteiger partial charge in [-0.15, -0.1) is 0 Å². The first-order valence-corrected chi connectivity index (χ1v) is 24.0. The van der Waals surface area contributed by atoms with Gasteiger partial charge in [-0.2, -0.15) is 5.26 Å². The number of benzene rings is 8. The summed E-state index contributed by atoms with van der Waals surface area (Å²) < 4.78 is 4.90. The van der Waals surface area contributed by atoms with Gasteiger partial charge >= 0.3 is 0 Å². The summed E-state index contributed by atoms with van der Waals surface area (Å²) >= 11 is 5.50. The van der Waals surface area contributed by atoms with Crippen LogP contribution in [0.3, 0.4) is 0 Å². The third kappa shape index (κ3) is 22.7. The van der Waals surface area contributed by atoms with E-state index in [0.717, 1.165) is 65.6 Å². The number of phenols is 8. The molecule has 0 saturated carbocycles. The van der Waals surface area contributed by atoms with Crippen molar-refractivity contribution in [2.24, 2.45) is 36.1 Å². The van der Waals surface area contributed by atoms with Gasteiger partial charge in [-0.05, 0) is 84.6 Å². The maximum absolute atomic E-state index is 10.3. The molecule has 0 bridgehead atoms. The predicted octanol–water partition coefficient (Wildman–Crippen LogP) is 9.50. The number of rotatable bonds is 10. The van der Waals surface area contributed by atoms with Gasteiger partial charge in [-0.1, -0.05) is 102 Å². The van der Waals surface area contributed by atoms with E-state index in [1.165, 1.54) is 55.9 Å². The molecule has 28 nitrogen and oxygen atoms in total. The van der Waals surface area contributed by atoms with Crippen LogP contribution in [0.1, 0.15) is 55.6 Å². The van der Waals surface area contributed by atoms with Crippen molar-refractivity contribution in [3.8, 4) is 57.8 Å². The van der Waals surface area contributed by atoms with Crippen molar-refractivity contribution >= 4 is 71.6 Å². The van der Waals surface area contributed by atoms with Crippen LogP contribution in [0.5, 0.6) is 51.7 Å². The van der Waals surface area contributed by atoms with E-state index in [9.17, 15) is 35.6 Å². The molecule has 0 aromatic heterocycles. The molecule has 0 heterocycles. The molecular formula is C57H54ClN9O19. The Hall–Kier alpha value is -12.4. The van der Waals surface area contributed by atoms with Crippen molar-refractivity contribution < 1.29 is 92.1 Å². The standard InChI is InChI=1S/C11H9NO2.C8H6N2O2.2C8H9NO3.C8H9NO2.C7H6ClNO3.C7H6N2O4/c13-11-9(7-12-14)6-5-8-3-1-2-4-10(8)11;9-4-6-1-2-8(11)7(3-6)5-10-12;1-12-7-2-3-8(10)6(4-7)5-9-11;10-5-7-3-1-2-6(4-9-12)8(7)11;1-6-3-2-4-7(5-9-11)8(6)10;8-6-2-5(10)1-4(3-9-12)7(6)11;10-7-2-1-6(9(12)13)3-5(7)4-8-11/h1-7,13-14H;1-3,5,11-12H;2-5,10-11H,1H3;1-4,10-12H,5H2;2-5,10-11H,1H3;1-3,10-12H;1-4,10-11H/b12-7+;10-5+;9-5+;9-4+;9-5+;9-3+;8-4+. The number of nitriles is 1. The van der Waals surface area contributed by atoms with E-state index in [2.05, 4.69) is 36.1 Å². The van der Waals surface area contributed by atoms with Crippen molar-refractivity contribution in [1.29, 1.82) is 5.26 Å². The molecule has 0 fully saturated rings. The average molecular weight is 1200 g/mol. The minimum Gasteiger partial charge on any atom is -0.508 e. The molecule has 0 amide bonds. The van der Waals surface area contributed by atoms with Gasteiger partial charge in [0.2, 0.25) is 0 Å². The Labute approximate surface area is 492 Å². The molecule has 0 aliphatic carbocycles. The van der Waals surface area contributed by atoms with Gasteiger partial charge in [0.15, 0.2) is 0 Å². The second-order valence-electron chi connectivity index (χ2n) is 16.1. The Kier molecular flexibility index (Phi) is 30.5. The number of fused-ring (bicyclic) bond motifs is 1. The molecule has 0 radical (unpaired) electrons. The number of oxime groups is 7. The number of hydrogen-bond acceptors (Lipinski definition) is 27. The molecule has 0 aliphatic heterocycles. The molecule has 0 saturated heterocycles. The Morgan fingerprint density at radius 1 is 0.512 bits per heavy atom. The summed E-state index contributed by atoms with van der Waals surface area (Å²) in [7, 11) is 1.52. The first kappa shape index (κ1) is 69.8. The first-order valence-electron chi connectivity index (χ1n) is 23.6. The zero-order valence-electron chi connectivity index (χ0n) is 44.8. The zero-order valence-corrected chi connectivity index (χ0v) is 45.6. The quantitative estimate of drug-likeness (QED) is 0.0199. The van der Waals surface area contributed by atoms with E-state index in [4.69, 9.17) is 78.5 Å². The molecule has 0 spiro atoms. The number of non-ortho nitro benzene ring substituents is 1. The fourth-order valence-electron chi connectivity index (χ4n) is 6.39. The maximum atomic E-state index is 10.3. The molecule has 0 atom stereocenters. The Bertz CT molecular complexity index is 3750. The number of para-hydroxylation sites is 2. The third-order valence-corrected chi connectivity index (χ3v) is 10.9. The van der Waals surface area contributed by atoms with E-state index >= 15 is 0 Å². The summed E-state index contributed by atoms with van der Waals surface area (Å²) in [5, 5.41) is 180. The summed E-state index contributed by atoms with van der Waals surface area (Å²) in [6.07, 6.45) is 7.61. The number of ether oxygens (including phenoxy) is 1. The Morgan fingerprint density at radius 2 is 0.988 bits per heavy atom. The Balaban J connectivity index is 0.000000343. The van der Waals surface area contributed by atoms with E-state index in [-0.39, 0.29) is 74.4 Å². The van der Waals surface area contributed by atoms with Crippen LogP contribution < -0.4 is 4.74 Å². The molecule has 8 aromatic rings. The summed E-state index contributed by atoms with van der Waals surface area (Å²) in [6.45, 7) is 1.54. The summed E-state index contributed by atoms with van der Waals surface area (Å²) in [4.78, 5) is 9.68. The zero-order chi connectivity index (χ0) is 64.1. The molecule has 0 unspecified atom stereocenters. The van der Waals surface area contributed by atoms with Crippen LogP contribution in [0.2, 0.25) is 5.02 Å². The lowest BCUT2D eigenvalue weighted by molar-refractivity contribution is -0.384. The van der Waals surface area contributed by atoms with Crippen LogP contribution in [0.25, 0.3) is 10.8 Å². The van der Waals surface area contributed by atoms with Crippen molar-refractivity contribution in [2.75, 3.05) is 7.11 Å². The number of aromatic hydroxyl groups is 8. The van der Waals surface area contributed by atoms with Gasteiger partial charge in [0.1, 0.15) is 51.7 Å². The van der Waals surface area contributed by atoms with E-state index in [1.54, 1.807) is 61.5 Å². The smallest absolute Gasteiger partial charge is 0.270 e. The molecular weight excluding hydrogens is 1150 g/mol. The predicted molar refractivity (Wildman–Crippen MR) is 315 cm³/mol. The number of phenolic OH excluding ortho intramolecular Hbond substituents is 7. The third-order valence-electron chi connectivity index (χ3n) is 10.6. The number of nitro benzene ring substituents is 1. The molecule has 0 aliphatic rings. The molecule has 8 rings (SSSR count). The average Bonchev–Trinajstić information content (AvgIpc) is 2.75. The van der Waals surface area contributed by atoms with Gasteiger partial charge in [-0.25, -0.2) is 0 Å². The molecule has 8 aromatic carbocycles. The van der Waals surface area contributed by atoms with Gasteiger partial charge in [0.05, 0.1) is 78.8 Å². The molecule has 448 valence electrons. The normalized spacial score (nSPS) is 10.6. The number of nitrogens with zero attached hydrogens (tertiary/aromatic N) is 9.